The average Bonchev–Trinajstić information content (AvgIpc) is 1.60. The number of carboxylic acid groups (broad SMARTS) is 1. The van der Waals surface area contributed by atoms with E-state index in [2.05, 4.69) is 31.6 Å². The molecule has 2 fully saturated rings. The molecule has 5 aromatic rings. The highest BCUT2D eigenvalue weighted by molar-refractivity contribution is 6.02. The Morgan fingerprint density at radius 3 is 2.37 bits per heavy atom. The highest BCUT2D eigenvalue weighted by Gasteiger charge is 2.50. The molecule has 0 saturated carbocycles. The zero-order valence-corrected chi connectivity index (χ0v) is 51.9. The summed E-state index contributed by atoms with van der Waals surface area (Å²) in [5.41, 5.74) is 7.96. The number of likely N-dealkylation sites (tertiary alicyclic amines) is 1. The molecule has 5 aliphatic rings. The number of amides is 6. The van der Waals surface area contributed by atoms with Gasteiger partial charge in [-0.3, -0.25) is 28.8 Å². The van der Waals surface area contributed by atoms with Crippen LogP contribution in [0, 0.1) is 23.2 Å². The molecule has 0 spiro atoms. The lowest BCUT2D eigenvalue weighted by atomic mass is 9.74. The summed E-state index contributed by atoms with van der Waals surface area (Å²) in [6.07, 6.45) is 6.90. The molecule has 0 bridgehead atoms. The maximum atomic E-state index is 14.0. The number of anilines is 1. The third-order valence-corrected chi connectivity index (χ3v) is 16.7. The van der Waals surface area contributed by atoms with Crippen molar-refractivity contribution in [3.05, 3.63) is 154 Å². The molecule has 4 aliphatic heterocycles. The number of benzene rings is 4. The van der Waals surface area contributed by atoms with E-state index >= 15 is 0 Å². The van der Waals surface area contributed by atoms with E-state index in [1.54, 1.807) is 58.2 Å². The monoisotopic (exact) mass is 1280 g/mol. The number of carbonyl (C=O) groups excluding carboxylic acids is 6. The molecule has 4 aromatic carbocycles. The second-order valence-electron chi connectivity index (χ2n) is 23.6. The molecule has 27 heteroatoms. The lowest BCUT2D eigenvalue weighted by Crippen LogP contribution is -2.46. The van der Waals surface area contributed by atoms with Crippen LogP contribution in [0.5, 0.6) is 5.75 Å². The summed E-state index contributed by atoms with van der Waals surface area (Å²) in [7, 11) is 7.76. The highest BCUT2D eigenvalue weighted by Crippen LogP contribution is 2.49. The predicted molar refractivity (Wildman–Crippen MR) is 331 cm³/mol. The van der Waals surface area contributed by atoms with Crippen LogP contribution in [-0.4, -0.2) is 194 Å². The number of aromatic carboxylic acids is 1. The van der Waals surface area contributed by atoms with Crippen molar-refractivity contribution in [2.45, 2.75) is 69.2 Å². The topological polar surface area (TPSA) is 301 Å². The Kier molecular flexibility index (Phi) is 21.1. The maximum Gasteiger partial charge on any atom is 0.336 e. The van der Waals surface area contributed by atoms with Crippen LogP contribution in [-0.2, 0) is 57.8 Å². The molecule has 10 rings (SSSR count). The number of nitrogens with zero attached hydrogens (tertiary/aromatic N) is 8. The molecule has 6 amide bonds. The fourth-order valence-electron chi connectivity index (χ4n) is 11.9. The van der Waals surface area contributed by atoms with Crippen molar-refractivity contribution in [1.29, 1.82) is 5.26 Å². The van der Waals surface area contributed by atoms with Crippen molar-refractivity contribution in [2.24, 2.45) is 11.8 Å². The Bertz CT molecular complexity index is 3800. The number of nitriles is 1. The number of alkyl halides is 2. The summed E-state index contributed by atoms with van der Waals surface area (Å²) in [5, 5.41) is 39.3. The maximum absolute atomic E-state index is 14.0. The lowest BCUT2D eigenvalue weighted by molar-refractivity contribution is -0.462. The van der Waals surface area contributed by atoms with Crippen LogP contribution in [0.2, 0.25) is 0 Å². The van der Waals surface area contributed by atoms with Gasteiger partial charge >= 0.3 is 5.97 Å². The van der Waals surface area contributed by atoms with E-state index in [9.17, 15) is 52.7 Å². The molecule has 0 radical (unpaired) electrons. The van der Waals surface area contributed by atoms with Gasteiger partial charge in [0.2, 0.25) is 29.3 Å². The Morgan fingerprint density at radius 2 is 1.60 bits per heavy atom. The van der Waals surface area contributed by atoms with E-state index in [0.29, 0.717) is 41.4 Å². The zero-order chi connectivity index (χ0) is 65.9. The normalized spacial score (nSPS) is 19.1. The van der Waals surface area contributed by atoms with E-state index in [4.69, 9.17) is 23.7 Å². The Labute approximate surface area is 534 Å². The predicted octanol–water partition coefficient (Wildman–Crippen LogP) is 4.21. The van der Waals surface area contributed by atoms with E-state index in [0.717, 1.165) is 44.1 Å². The molecule has 25 nitrogen and oxygen atoms in total. The average molecular weight is 1280 g/mol. The van der Waals surface area contributed by atoms with Crippen LogP contribution >= 0.6 is 0 Å². The van der Waals surface area contributed by atoms with Crippen molar-refractivity contribution in [3.63, 3.8) is 0 Å². The molecule has 2 unspecified atom stereocenters. The fourth-order valence-corrected chi connectivity index (χ4v) is 11.9. The minimum atomic E-state index is -3.19. The van der Waals surface area contributed by atoms with Crippen LogP contribution < -0.4 is 30.9 Å². The smallest absolute Gasteiger partial charge is 0.336 e. The van der Waals surface area contributed by atoms with Crippen LogP contribution in [0.1, 0.15) is 90.5 Å². The van der Waals surface area contributed by atoms with Crippen molar-refractivity contribution in [3.8, 4) is 23.1 Å². The first-order chi connectivity index (χ1) is 44.7. The summed E-state index contributed by atoms with van der Waals surface area (Å²) in [5.74, 6) is -7.11. The van der Waals surface area contributed by atoms with Gasteiger partial charge in [0.05, 0.1) is 57.3 Å². The minimum Gasteiger partial charge on any atom is -0.478 e. The van der Waals surface area contributed by atoms with Gasteiger partial charge in [-0.05, 0) is 59.0 Å². The lowest BCUT2D eigenvalue weighted by Gasteiger charge is -2.36. The number of fused-ring (bicyclic) bond motifs is 3. The van der Waals surface area contributed by atoms with Crippen LogP contribution in [0.4, 0.5) is 14.5 Å². The third kappa shape index (κ3) is 16.1. The minimum absolute atomic E-state index is 0.0154. The van der Waals surface area contributed by atoms with Crippen LogP contribution in [0.15, 0.2) is 109 Å². The van der Waals surface area contributed by atoms with Crippen LogP contribution in [0.3, 0.4) is 0 Å². The van der Waals surface area contributed by atoms with Gasteiger partial charge in [-0.2, -0.15) is 5.26 Å². The number of carboxylic acids is 1. The molecular weight excluding hydrogens is 1210 g/mol. The molecule has 1 aromatic heterocycles. The summed E-state index contributed by atoms with van der Waals surface area (Å²) in [6.45, 7) is 1.05. The first-order valence-electron chi connectivity index (χ1n) is 30.4. The van der Waals surface area contributed by atoms with Crippen molar-refractivity contribution >= 4 is 52.8 Å². The zero-order valence-electron chi connectivity index (χ0n) is 51.9. The molecule has 5 heterocycles. The molecule has 5 N–H and O–H groups in total. The fraction of sp³-hybridized carbons (Fsp3) is 0.409. The molecule has 93 heavy (non-hydrogen) atoms. The number of hydrogen-bond donors (Lipinski definition) is 5. The second-order valence-corrected chi connectivity index (χ2v) is 23.6. The van der Waals surface area contributed by atoms with Crippen molar-refractivity contribution < 1.29 is 75.7 Å². The van der Waals surface area contributed by atoms with Gasteiger partial charge < -0.3 is 64.8 Å². The van der Waals surface area contributed by atoms with E-state index in [-0.39, 0.29) is 120 Å². The number of nitrogens with one attached hydrogen (secondary N) is 4. The summed E-state index contributed by atoms with van der Waals surface area (Å²) in [4.78, 5) is 95.2. The molecule has 1 aliphatic carbocycles. The Balaban J connectivity index is 0.562. The van der Waals surface area contributed by atoms with Gasteiger partial charge in [0.15, 0.2) is 0 Å². The largest absolute Gasteiger partial charge is 0.478 e. The number of ether oxygens (including phenoxy) is 5. The summed E-state index contributed by atoms with van der Waals surface area (Å²) in [6, 6.07) is 22.6. The number of aromatic nitrogens is 3. The van der Waals surface area contributed by atoms with Gasteiger partial charge in [0.25, 0.3) is 17.7 Å². The second kappa shape index (κ2) is 29.7. The SMILES string of the molecule is CN(C)c1ccc2c(c1)OC1=CC(=[N+](C)C)C=CC1C2c1ccc(C(=O)NCCOCOCOCCOCCC(=O)NCCNC(=O)c2ccc(-c3cn(Cc4cccc5c4CN(C(=O)C[C@@H]4C[C@@H](C(=O)N6CC(F)(F)C[C@H]6C#N)NC4=O)C5)nn3)cc2)cc1C(=O)O. The van der Waals surface area contributed by atoms with E-state index in [1.807, 2.05) is 92.3 Å². The van der Waals surface area contributed by atoms with Gasteiger partial charge in [-0.15, -0.1) is 5.10 Å². The van der Waals surface area contributed by atoms with E-state index in [1.165, 1.54) is 6.07 Å². The summed E-state index contributed by atoms with van der Waals surface area (Å²) >= 11 is 0. The summed E-state index contributed by atoms with van der Waals surface area (Å²) < 4.78 is 59.8. The number of allylic oxidation sites excluding steroid dienone is 3. The van der Waals surface area contributed by atoms with Gasteiger partial charge in [0.1, 0.15) is 57.0 Å². The standard InChI is InChI=1S/C66H72F2N12O13/c1-76(2)46-13-16-50-56(29-46)93-57-30-47(77(3)4)14-17-51(57)60(50)49-15-12-42(26-52(49)65(87)88)62(84)72-21-23-90-38-92-39-91-25-24-89-22-18-58(81)70-19-20-71-61(83)41-10-8-40(9-11-41)55-36-79(75-74-55)34-44-7-5-6-43-33-78(35-53(43)44)59(82)28-45-27-54(73-63(45)85)64(86)80-37-66(67,68)31-48(80)32-69/h5-17,26,29-30,36,45,48,50,54,60H,18-25,27-28,31,33-35,37-39H2,1-4H3,(H4-,70,71,72,73,81,83,84,85,87,88)/p+1/t45-,48-,50?,54-,60?/m0/s1. The number of rotatable bonds is 27. The molecule has 2 saturated heterocycles. The highest BCUT2D eigenvalue weighted by atomic mass is 19.3. The van der Waals surface area contributed by atoms with Crippen molar-refractivity contribution in [2.75, 3.05) is 99.3 Å². The third-order valence-electron chi connectivity index (χ3n) is 16.7. The van der Waals surface area contributed by atoms with Crippen LogP contribution in [0.25, 0.3) is 11.3 Å². The van der Waals surface area contributed by atoms with Gasteiger partial charge in [-0.1, -0.05) is 53.8 Å². The Hall–Kier alpha value is -9.75. The molecular formula is C66H73F2N12O13+. The molecule has 5 atom stereocenters. The van der Waals surface area contributed by atoms with E-state index < -0.39 is 66.5 Å². The first kappa shape index (κ1) is 66.2. The number of hydrogen-bond acceptors (Lipinski definition) is 16. The Morgan fingerprint density at radius 1 is 0.871 bits per heavy atom. The first-order valence-corrected chi connectivity index (χ1v) is 30.4. The number of halogens is 2. The van der Waals surface area contributed by atoms with Gasteiger partial charge in [-0.25, -0.2) is 22.8 Å². The van der Waals surface area contributed by atoms with Gasteiger partial charge in [0, 0.05) is 130 Å². The van der Waals surface area contributed by atoms with Crippen molar-refractivity contribution in [1.82, 2.24) is 46.1 Å². The quantitative estimate of drug-likeness (QED) is 0.0279. The number of carbonyl (C=O) groups is 7. The molecule has 488 valence electrons.